The third kappa shape index (κ3) is 3.30. The molecule has 1 aliphatic rings. The maximum Gasteiger partial charge on any atom is 0.287 e. The van der Waals surface area contributed by atoms with Crippen molar-refractivity contribution in [2.24, 2.45) is 7.05 Å². The molecule has 1 aromatic heterocycles. The fourth-order valence-corrected chi connectivity index (χ4v) is 2.88. The Morgan fingerprint density at radius 2 is 2.15 bits per heavy atom. The lowest BCUT2D eigenvalue weighted by atomic mass is 10.1. The molecule has 7 heteroatoms. The third-order valence-electron chi connectivity index (χ3n) is 3.68. The summed E-state index contributed by atoms with van der Waals surface area (Å²) < 4.78 is 1.47. The summed E-state index contributed by atoms with van der Waals surface area (Å²) in [6, 6.07) is 1.22. The van der Waals surface area contributed by atoms with Crippen LogP contribution in [0.5, 0.6) is 0 Å². The van der Waals surface area contributed by atoms with Crippen LogP contribution in [0.3, 0.4) is 0 Å². The molecule has 2 atom stereocenters. The quantitative estimate of drug-likeness (QED) is 0.403. The van der Waals surface area contributed by atoms with Crippen molar-refractivity contribution in [2.45, 2.75) is 43.5 Å². The summed E-state index contributed by atoms with van der Waals surface area (Å²) >= 11 is 6.28. The van der Waals surface area contributed by atoms with Crippen molar-refractivity contribution in [3.8, 4) is 0 Å². The number of aryl methyl sites for hydroxylation is 1. The molecule has 20 heavy (non-hydrogen) atoms. The largest absolute Gasteiger partial charge is 0.347 e. The van der Waals surface area contributed by atoms with Crippen LogP contribution in [0.4, 0.5) is 5.69 Å². The Bertz CT molecular complexity index is 515. The Labute approximate surface area is 122 Å². The normalized spacial score (nSPS) is 23.1. The lowest BCUT2D eigenvalue weighted by Crippen LogP contribution is -2.41. The molecule has 1 aromatic rings. The van der Waals surface area contributed by atoms with Crippen molar-refractivity contribution < 1.29 is 9.72 Å². The van der Waals surface area contributed by atoms with E-state index in [-0.39, 0.29) is 28.7 Å². The van der Waals surface area contributed by atoms with Crippen LogP contribution in [0.15, 0.2) is 12.3 Å². The zero-order valence-corrected chi connectivity index (χ0v) is 12.1. The number of hydrogen-bond donors (Lipinski definition) is 1. The number of aromatic nitrogens is 1. The van der Waals surface area contributed by atoms with Crippen molar-refractivity contribution in [1.82, 2.24) is 9.88 Å². The summed E-state index contributed by atoms with van der Waals surface area (Å²) in [5.74, 6) is -0.307. The fraction of sp³-hybridized carbons (Fsp3) is 0.615. The van der Waals surface area contributed by atoms with E-state index in [0.717, 1.165) is 32.1 Å². The van der Waals surface area contributed by atoms with Gasteiger partial charge < -0.3 is 9.88 Å². The van der Waals surface area contributed by atoms with E-state index >= 15 is 0 Å². The maximum absolute atomic E-state index is 12.2. The van der Waals surface area contributed by atoms with Crippen LogP contribution in [0.2, 0.25) is 0 Å². The van der Waals surface area contributed by atoms with Gasteiger partial charge in [0.05, 0.1) is 16.5 Å². The van der Waals surface area contributed by atoms with Gasteiger partial charge in [0.15, 0.2) is 0 Å². The molecule has 1 saturated carbocycles. The first-order valence-electron chi connectivity index (χ1n) is 6.74. The van der Waals surface area contributed by atoms with Gasteiger partial charge in [-0.25, -0.2) is 0 Å². The number of nitro groups is 1. The van der Waals surface area contributed by atoms with Crippen molar-refractivity contribution in [1.29, 1.82) is 0 Å². The van der Waals surface area contributed by atoms with Gasteiger partial charge in [-0.1, -0.05) is 19.3 Å². The number of halogens is 1. The number of amides is 1. The fourth-order valence-electron chi connectivity index (χ4n) is 2.54. The Kier molecular flexibility index (Phi) is 4.65. The number of rotatable bonds is 3. The molecule has 2 unspecified atom stereocenters. The maximum atomic E-state index is 12.2. The van der Waals surface area contributed by atoms with E-state index in [9.17, 15) is 14.9 Å². The topological polar surface area (TPSA) is 77.2 Å². The van der Waals surface area contributed by atoms with Crippen molar-refractivity contribution in [2.75, 3.05) is 0 Å². The minimum atomic E-state index is -0.507. The highest BCUT2D eigenvalue weighted by Gasteiger charge is 2.25. The lowest BCUT2D eigenvalue weighted by molar-refractivity contribution is -0.384. The minimum Gasteiger partial charge on any atom is -0.347 e. The van der Waals surface area contributed by atoms with Gasteiger partial charge in [0.1, 0.15) is 5.69 Å². The average Bonchev–Trinajstić information content (AvgIpc) is 2.68. The second-order valence-corrected chi connectivity index (χ2v) is 5.75. The van der Waals surface area contributed by atoms with E-state index in [4.69, 9.17) is 11.6 Å². The number of nitrogens with zero attached hydrogens (tertiary/aromatic N) is 2. The molecule has 6 nitrogen and oxygen atoms in total. The molecular weight excluding hydrogens is 282 g/mol. The Morgan fingerprint density at radius 3 is 2.80 bits per heavy atom. The SMILES string of the molecule is Cn1cc([N+](=O)[O-])cc1C(=O)NC1CCCCCC1Cl. The van der Waals surface area contributed by atoms with Crippen LogP contribution in [-0.2, 0) is 7.05 Å². The zero-order chi connectivity index (χ0) is 14.7. The van der Waals surface area contributed by atoms with Gasteiger partial charge in [-0.2, -0.15) is 0 Å². The molecule has 1 amide bonds. The molecule has 1 heterocycles. The molecule has 0 saturated heterocycles. The van der Waals surface area contributed by atoms with Gasteiger partial charge in [0.25, 0.3) is 11.6 Å². The molecule has 1 fully saturated rings. The number of nitrogens with one attached hydrogen (secondary N) is 1. The molecule has 0 radical (unpaired) electrons. The molecule has 0 spiro atoms. The lowest BCUT2D eigenvalue weighted by Gasteiger charge is -2.21. The van der Waals surface area contributed by atoms with E-state index in [1.54, 1.807) is 7.05 Å². The number of hydrogen-bond acceptors (Lipinski definition) is 3. The Balaban J connectivity index is 2.09. The summed E-state index contributed by atoms with van der Waals surface area (Å²) in [6.45, 7) is 0. The van der Waals surface area contributed by atoms with E-state index < -0.39 is 4.92 Å². The highest BCUT2D eigenvalue weighted by atomic mass is 35.5. The first-order chi connectivity index (χ1) is 9.49. The summed E-state index contributed by atoms with van der Waals surface area (Å²) in [5, 5.41) is 13.5. The van der Waals surface area contributed by atoms with E-state index in [1.807, 2.05) is 0 Å². The predicted octanol–water partition coefficient (Wildman–Crippen LogP) is 2.60. The van der Waals surface area contributed by atoms with Crippen LogP contribution in [-0.4, -0.2) is 26.8 Å². The van der Waals surface area contributed by atoms with Crippen LogP contribution >= 0.6 is 11.6 Å². The standard InChI is InChI=1S/C13H18ClN3O3/c1-16-8-9(17(19)20)7-12(16)13(18)15-11-6-4-2-3-5-10(11)14/h7-8,10-11H,2-6H2,1H3,(H,15,18). The van der Waals surface area contributed by atoms with Gasteiger partial charge in [-0.3, -0.25) is 14.9 Å². The van der Waals surface area contributed by atoms with Crippen LogP contribution in [0.1, 0.15) is 42.6 Å². The zero-order valence-electron chi connectivity index (χ0n) is 11.3. The second-order valence-electron chi connectivity index (χ2n) is 5.19. The molecule has 0 bridgehead atoms. The van der Waals surface area contributed by atoms with E-state index in [0.29, 0.717) is 0 Å². The Morgan fingerprint density at radius 1 is 1.45 bits per heavy atom. The second kappa shape index (κ2) is 6.26. The van der Waals surface area contributed by atoms with Crippen LogP contribution in [0, 0.1) is 10.1 Å². The van der Waals surface area contributed by atoms with Crippen LogP contribution < -0.4 is 5.32 Å². The van der Waals surface area contributed by atoms with E-state index in [2.05, 4.69) is 5.32 Å². The van der Waals surface area contributed by atoms with Gasteiger partial charge in [0, 0.05) is 19.2 Å². The van der Waals surface area contributed by atoms with Gasteiger partial charge in [0.2, 0.25) is 0 Å². The van der Waals surface area contributed by atoms with Crippen molar-refractivity contribution in [3.05, 3.63) is 28.1 Å². The minimum absolute atomic E-state index is 0.0689. The van der Waals surface area contributed by atoms with Gasteiger partial charge >= 0.3 is 0 Å². The van der Waals surface area contributed by atoms with Crippen molar-refractivity contribution in [3.63, 3.8) is 0 Å². The first kappa shape index (κ1) is 14.8. The number of carbonyl (C=O) groups is 1. The molecule has 1 aliphatic carbocycles. The molecule has 0 aromatic carbocycles. The molecular formula is C13H18ClN3O3. The molecule has 2 rings (SSSR count). The monoisotopic (exact) mass is 299 g/mol. The number of carbonyl (C=O) groups excluding carboxylic acids is 1. The van der Waals surface area contributed by atoms with E-state index in [1.165, 1.54) is 16.8 Å². The highest BCUT2D eigenvalue weighted by molar-refractivity contribution is 6.21. The summed E-state index contributed by atoms with van der Waals surface area (Å²) in [5.41, 5.74) is 0.200. The first-order valence-corrected chi connectivity index (χ1v) is 7.18. The predicted molar refractivity (Wildman–Crippen MR) is 76.0 cm³/mol. The molecule has 110 valence electrons. The summed E-state index contributed by atoms with van der Waals surface area (Å²) in [4.78, 5) is 22.4. The third-order valence-corrected chi connectivity index (χ3v) is 4.20. The smallest absolute Gasteiger partial charge is 0.287 e. The average molecular weight is 300 g/mol. The number of alkyl halides is 1. The molecule has 1 N–H and O–H groups in total. The molecule has 0 aliphatic heterocycles. The highest BCUT2D eigenvalue weighted by Crippen LogP contribution is 2.23. The summed E-state index contributed by atoms with van der Waals surface area (Å²) in [6.07, 6.45) is 6.33. The van der Waals surface area contributed by atoms with Crippen molar-refractivity contribution >= 4 is 23.2 Å². The van der Waals surface area contributed by atoms with Gasteiger partial charge in [-0.15, -0.1) is 11.6 Å². The Hall–Kier alpha value is -1.56. The van der Waals surface area contributed by atoms with Gasteiger partial charge in [-0.05, 0) is 12.8 Å². The van der Waals surface area contributed by atoms with Crippen LogP contribution in [0.25, 0.3) is 0 Å². The summed E-state index contributed by atoms with van der Waals surface area (Å²) in [7, 11) is 1.62.